The van der Waals surface area contributed by atoms with Gasteiger partial charge in [-0.25, -0.2) is 5.01 Å². The molecule has 0 radical (unpaired) electrons. The zero-order chi connectivity index (χ0) is 19.0. The summed E-state index contributed by atoms with van der Waals surface area (Å²) >= 11 is 17.4. The number of nitrogens with two attached hydrogens (primary N) is 1. The quantitative estimate of drug-likeness (QED) is 0.626. The van der Waals surface area contributed by atoms with Crippen LogP contribution in [0.25, 0.3) is 6.08 Å². The van der Waals surface area contributed by atoms with Gasteiger partial charge >= 0.3 is 0 Å². The van der Waals surface area contributed by atoms with E-state index in [4.69, 9.17) is 46.3 Å². The van der Waals surface area contributed by atoms with Crippen LogP contribution >= 0.6 is 35.4 Å². The summed E-state index contributed by atoms with van der Waals surface area (Å²) in [5, 5.41) is 8.38. The van der Waals surface area contributed by atoms with E-state index in [1.165, 1.54) is 5.57 Å². The number of allylic oxidation sites excluding steroid dienone is 1. The minimum absolute atomic E-state index is 0.0173. The van der Waals surface area contributed by atoms with E-state index >= 15 is 0 Å². The summed E-state index contributed by atoms with van der Waals surface area (Å²) in [6, 6.07) is 15.8. The van der Waals surface area contributed by atoms with Crippen LogP contribution in [0, 0.1) is 5.92 Å². The first-order valence-corrected chi connectivity index (χ1v) is 10.1. The van der Waals surface area contributed by atoms with Crippen LogP contribution in [-0.4, -0.2) is 15.8 Å². The molecule has 27 heavy (non-hydrogen) atoms. The molecule has 2 aromatic rings. The van der Waals surface area contributed by atoms with Crippen molar-refractivity contribution >= 4 is 52.3 Å². The predicted octanol–water partition coefficient (Wildman–Crippen LogP) is 5.83. The number of nitrogens with zero attached hydrogens (tertiary/aromatic N) is 2. The van der Waals surface area contributed by atoms with Crippen LogP contribution in [0.4, 0.5) is 0 Å². The maximum Gasteiger partial charge on any atom is 0.187 e. The molecule has 1 aliphatic heterocycles. The summed E-state index contributed by atoms with van der Waals surface area (Å²) < 4.78 is 0. The van der Waals surface area contributed by atoms with Crippen molar-refractivity contribution in [3.8, 4) is 0 Å². The minimum atomic E-state index is 0.0173. The summed E-state index contributed by atoms with van der Waals surface area (Å²) in [6.45, 7) is 0. The van der Waals surface area contributed by atoms with Gasteiger partial charge in [-0.3, -0.25) is 0 Å². The highest BCUT2D eigenvalue weighted by Gasteiger charge is 2.42. The molecule has 0 unspecified atom stereocenters. The SMILES string of the molecule is NC(=S)N1N=C2/C(=C/c3ccc(Cl)cc3)CCC[C@H]2[C@@H]1c1ccc(Cl)cc1. The number of rotatable bonds is 2. The second-order valence-electron chi connectivity index (χ2n) is 6.88. The van der Waals surface area contributed by atoms with Gasteiger partial charge < -0.3 is 5.73 Å². The summed E-state index contributed by atoms with van der Waals surface area (Å²) in [5.41, 5.74) is 10.6. The van der Waals surface area contributed by atoms with Crippen molar-refractivity contribution in [2.45, 2.75) is 25.3 Å². The van der Waals surface area contributed by atoms with Crippen molar-refractivity contribution in [1.82, 2.24) is 5.01 Å². The lowest BCUT2D eigenvalue weighted by atomic mass is 9.77. The standard InChI is InChI=1S/C21H19Cl2N3S/c22-16-8-4-13(5-9-16)12-15-2-1-3-18-19(15)25-26(21(24)27)20(18)14-6-10-17(23)11-7-14/h4-12,18,20H,1-3H2,(H2,24,27)/b15-12+/t18-,20+/m1/s1. The third kappa shape index (κ3) is 3.75. The van der Waals surface area contributed by atoms with E-state index in [0.717, 1.165) is 41.1 Å². The molecule has 0 aromatic heterocycles. The van der Waals surface area contributed by atoms with E-state index in [9.17, 15) is 0 Å². The van der Waals surface area contributed by atoms with Gasteiger partial charge in [0.2, 0.25) is 0 Å². The van der Waals surface area contributed by atoms with Gasteiger partial charge in [0.05, 0.1) is 11.8 Å². The maximum absolute atomic E-state index is 6.07. The molecule has 0 spiro atoms. The molecule has 1 heterocycles. The van der Waals surface area contributed by atoms with Crippen molar-refractivity contribution in [2.75, 3.05) is 0 Å². The Morgan fingerprint density at radius 1 is 1.07 bits per heavy atom. The van der Waals surface area contributed by atoms with E-state index in [-0.39, 0.29) is 12.0 Å². The Morgan fingerprint density at radius 2 is 1.70 bits per heavy atom. The number of hydrazone groups is 1. The maximum atomic E-state index is 6.07. The number of hydrogen-bond donors (Lipinski definition) is 1. The minimum Gasteiger partial charge on any atom is -0.375 e. The highest BCUT2D eigenvalue weighted by atomic mass is 35.5. The Bertz CT molecular complexity index is 919. The summed E-state index contributed by atoms with van der Waals surface area (Å²) in [7, 11) is 0. The highest BCUT2D eigenvalue weighted by molar-refractivity contribution is 7.80. The Kier molecular flexibility index (Phi) is 5.22. The molecule has 2 aromatic carbocycles. The lowest BCUT2D eigenvalue weighted by Gasteiger charge is -2.29. The van der Waals surface area contributed by atoms with Crippen LogP contribution in [0.5, 0.6) is 0 Å². The highest BCUT2D eigenvalue weighted by Crippen LogP contribution is 2.44. The first kappa shape index (κ1) is 18.5. The molecule has 2 N–H and O–H groups in total. The van der Waals surface area contributed by atoms with Crippen molar-refractivity contribution in [2.24, 2.45) is 16.8 Å². The molecule has 138 valence electrons. The Labute approximate surface area is 174 Å². The number of benzene rings is 2. The third-order valence-electron chi connectivity index (χ3n) is 5.15. The van der Waals surface area contributed by atoms with Gasteiger partial charge in [-0.1, -0.05) is 47.5 Å². The molecule has 1 saturated carbocycles. The largest absolute Gasteiger partial charge is 0.375 e. The first-order chi connectivity index (χ1) is 13.0. The zero-order valence-corrected chi connectivity index (χ0v) is 16.9. The third-order valence-corrected chi connectivity index (χ3v) is 5.84. The molecule has 3 nitrogen and oxygen atoms in total. The average Bonchev–Trinajstić information content (AvgIpc) is 3.05. The molecule has 2 aliphatic rings. The average molecular weight is 416 g/mol. The topological polar surface area (TPSA) is 41.6 Å². The summed E-state index contributed by atoms with van der Waals surface area (Å²) in [6.07, 6.45) is 5.36. The molecule has 2 atom stereocenters. The summed E-state index contributed by atoms with van der Waals surface area (Å²) in [5.74, 6) is 0.264. The van der Waals surface area contributed by atoms with E-state index in [1.54, 1.807) is 5.01 Å². The van der Waals surface area contributed by atoms with Crippen molar-refractivity contribution in [3.63, 3.8) is 0 Å². The van der Waals surface area contributed by atoms with Crippen molar-refractivity contribution < 1.29 is 0 Å². The smallest absolute Gasteiger partial charge is 0.187 e. The normalized spacial score (nSPS) is 23.3. The second kappa shape index (κ2) is 7.63. The molecular weight excluding hydrogens is 397 g/mol. The molecule has 6 heteroatoms. The molecule has 1 aliphatic carbocycles. The lowest BCUT2D eigenvalue weighted by Crippen LogP contribution is -2.34. The number of thiocarbonyl (C=S) groups is 1. The van der Waals surface area contributed by atoms with Crippen LogP contribution in [0.1, 0.15) is 36.4 Å². The van der Waals surface area contributed by atoms with E-state index in [1.807, 2.05) is 48.5 Å². The van der Waals surface area contributed by atoms with Gasteiger partial charge in [-0.15, -0.1) is 0 Å². The van der Waals surface area contributed by atoms with E-state index < -0.39 is 0 Å². The number of fused-ring (bicyclic) bond motifs is 1. The Morgan fingerprint density at radius 3 is 2.33 bits per heavy atom. The van der Waals surface area contributed by atoms with Crippen LogP contribution in [0.2, 0.25) is 10.0 Å². The van der Waals surface area contributed by atoms with Gasteiger partial charge in [0.15, 0.2) is 5.11 Å². The Hall–Kier alpha value is -1.88. The fourth-order valence-electron chi connectivity index (χ4n) is 3.94. The molecule has 0 saturated heterocycles. The van der Waals surface area contributed by atoms with Crippen molar-refractivity contribution in [3.05, 3.63) is 75.3 Å². The van der Waals surface area contributed by atoms with Crippen molar-refractivity contribution in [1.29, 1.82) is 0 Å². The van der Waals surface area contributed by atoms with Gasteiger partial charge in [0, 0.05) is 16.0 Å². The van der Waals surface area contributed by atoms with Crippen LogP contribution in [0.15, 0.2) is 59.2 Å². The first-order valence-electron chi connectivity index (χ1n) is 8.92. The molecule has 0 amide bonds. The fourth-order valence-corrected chi connectivity index (χ4v) is 4.34. The molecule has 0 bridgehead atoms. The molecule has 4 rings (SSSR count). The van der Waals surface area contributed by atoms with Gasteiger partial charge in [-0.2, -0.15) is 5.10 Å². The van der Waals surface area contributed by atoms with Gasteiger partial charge in [0.1, 0.15) is 0 Å². The lowest BCUT2D eigenvalue weighted by molar-refractivity contribution is 0.305. The van der Waals surface area contributed by atoms with Gasteiger partial charge in [-0.05, 0) is 78.5 Å². The van der Waals surface area contributed by atoms with Gasteiger partial charge in [0.25, 0.3) is 0 Å². The van der Waals surface area contributed by atoms with Crippen LogP contribution in [0.3, 0.4) is 0 Å². The molecular formula is C21H19Cl2N3S. The summed E-state index contributed by atoms with van der Waals surface area (Å²) in [4.78, 5) is 0. The van der Waals surface area contributed by atoms with Crippen LogP contribution in [-0.2, 0) is 0 Å². The Balaban J connectivity index is 1.72. The molecule has 1 fully saturated rings. The monoisotopic (exact) mass is 415 g/mol. The number of hydrogen-bond acceptors (Lipinski definition) is 2. The fraction of sp³-hybridized carbons (Fsp3) is 0.238. The predicted molar refractivity (Wildman–Crippen MR) is 117 cm³/mol. The van der Waals surface area contributed by atoms with Crippen LogP contribution < -0.4 is 5.73 Å². The van der Waals surface area contributed by atoms with E-state index in [2.05, 4.69) is 6.08 Å². The zero-order valence-electron chi connectivity index (χ0n) is 14.6. The van der Waals surface area contributed by atoms with E-state index in [0.29, 0.717) is 10.1 Å². The second-order valence-corrected chi connectivity index (χ2v) is 8.18. The number of halogens is 2.